The fourth-order valence-corrected chi connectivity index (χ4v) is 2.09. The Morgan fingerprint density at radius 3 is 3.20 bits per heavy atom. The fraction of sp³-hybridized carbons (Fsp3) is 0.417. The zero-order valence-corrected chi connectivity index (χ0v) is 8.79. The maximum absolute atomic E-state index is 5.37. The molecule has 3 rings (SSSR count). The van der Waals surface area contributed by atoms with E-state index in [1.54, 1.807) is 0 Å². The molecule has 0 radical (unpaired) electrons. The van der Waals surface area contributed by atoms with Crippen molar-refractivity contribution in [2.75, 3.05) is 13.2 Å². The number of aryl methyl sites for hydroxylation is 1. The Balaban J connectivity index is 2.05. The molecule has 1 unspecified atom stereocenters. The van der Waals surface area contributed by atoms with Gasteiger partial charge in [-0.3, -0.25) is 0 Å². The summed E-state index contributed by atoms with van der Waals surface area (Å²) in [5.41, 5.74) is 3.46. The van der Waals surface area contributed by atoms with Gasteiger partial charge in [-0.15, -0.1) is 0 Å². The van der Waals surface area contributed by atoms with Crippen molar-refractivity contribution in [1.82, 2.24) is 9.97 Å². The first-order chi connectivity index (χ1) is 7.33. The van der Waals surface area contributed by atoms with Crippen molar-refractivity contribution >= 4 is 11.0 Å². The number of aromatic nitrogens is 2. The second-order valence-corrected chi connectivity index (χ2v) is 4.20. The smallest absolute Gasteiger partial charge is 0.112 e. The summed E-state index contributed by atoms with van der Waals surface area (Å²) >= 11 is 0. The van der Waals surface area contributed by atoms with Crippen LogP contribution in [0.5, 0.6) is 0 Å². The van der Waals surface area contributed by atoms with Crippen LogP contribution < -0.4 is 0 Å². The summed E-state index contributed by atoms with van der Waals surface area (Å²) in [7, 11) is 0. The van der Waals surface area contributed by atoms with Crippen LogP contribution in [0.25, 0.3) is 11.0 Å². The predicted octanol–water partition coefficient (Wildman–Crippen LogP) is 2.38. The number of rotatable bonds is 1. The van der Waals surface area contributed by atoms with Crippen LogP contribution in [0, 0.1) is 6.92 Å². The minimum Gasteiger partial charge on any atom is -0.381 e. The van der Waals surface area contributed by atoms with Crippen molar-refractivity contribution < 1.29 is 4.74 Å². The van der Waals surface area contributed by atoms with E-state index in [1.165, 1.54) is 5.56 Å². The molecule has 1 aliphatic rings. The number of nitrogens with zero attached hydrogens (tertiary/aromatic N) is 1. The molecular formula is C12H14N2O. The normalized spacial score (nSPS) is 21.3. The van der Waals surface area contributed by atoms with E-state index in [9.17, 15) is 0 Å². The number of nitrogens with one attached hydrogen (secondary N) is 1. The van der Waals surface area contributed by atoms with Crippen LogP contribution in [0.3, 0.4) is 0 Å². The third-order valence-corrected chi connectivity index (χ3v) is 2.97. The standard InChI is InChI=1S/C12H14N2O/c1-8-2-3-10-11(6-8)14-12(13-10)9-4-5-15-7-9/h2-3,6,9H,4-5,7H2,1H3,(H,13,14). The second-order valence-electron chi connectivity index (χ2n) is 4.20. The molecule has 1 aromatic heterocycles. The molecule has 0 bridgehead atoms. The summed E-state index contributed by atoms with van der Waals surface area (Å²) in [4.78, 5) is 7.99. The van der Waals surface area contributed by atoms with Crippen molar-refractivity contribution in [2.24, 2.45) is 0 Å². The number of ether oxygens (including phenoxy) is 1. The van der Waals surface area contributed by atoms with Crippen molar-refractivity contribution in [3.8, 4) is 0 Å². The fourth-order valence-electron chi connectivity index (χ4n) is 2.09. The van der Waals surface area contributed by atoms with Gasteiger partial charge in [0.25, 0.3) is 0 Å². The maximum atomic E-state index is 5.37. The molecule has 3 heteroatoms. The first-order valence-corrected chi connectivity index (χ1v) is 5.37. The highest BCUT2D eigenvalue weighted by Crippen LogP contribution is 2.25. The SMILES string of the molecule is Cc1ccc2nc(C3CCOC3)[nH]c2c1. The van der Waals surface area contributed by atoms with Gasteiger partial charge in [-0.2, -0.15) is 0 Å². The van der Waals surface area contributed by atoms with E-state index in [0.29, 0.717) is 5.92 Å². The average Bonchev–Trinajstić information content (AvgIpc) is 2.84. The van der Waals surface area contributed by atoms with Gasteiger partial charge in [0.1, 0.15) is 5.82 Å². The quantitative estimate of drug-likeness (QED) is 0.771. The lowest BCUT2D eigenvalue weighted by atomic mass is 10.1. The van der Waals surface area contributed by atoms with Crippen LogP contribution in [-0.4, -0.2) is 23.2 Å². The largest absolute Gasteiger partial charge is 0.381 e. The topological polar surface area (TPSA) is 37.9 Å². The molecule has 78 valence electrons. The Morgan fingerprint density at radius 1 is 1.47 bits per heavy atom. The number of hydrogen-bond donors (Lipinski definition) is 1. The summed E-state index contributed by atoms with van der Waals surface area (Å²) in [6.07, 6.45) is 1.08. The third-order valence-electron chi connectivity index (χ3n) is 2.97. The minimum absolute atomic E-state index is 0.456. The van der Waals surface area contributed by atoms with E-state index >= 15 is 0 Å². The van der Waals surface area contributed by atoms with Crippen LogP contribution in [-0.2, 0) is 4.74 Å². The molecule has 0 saturated carbocycles. The Bertz CT molecular complexity index is 483. The Morgan fingerprint density at radius 2 is 2.40 bits per heavy atom. The van der Waals surface area contributed by atoms with Crippen LogP contribution in [0.4, 0.5) is 0 Å². The highest BCUT2D eigenvalue weighted by Gasteiger charge is 2.20. The van der Waals surface area contributed by atoms with Crippen molar-refractivity contribution in [3.63, 3.8) is 0 Å². The third kappa shape index (κ3) is 1.53. The molecule has 1 aromatic carbocycles. The summed E-state index contributed by atoms with van der Waals surface area (Å²) in [6.45, 7) is 3.76. The van der Waals surface area contributed by atoms with E-state index < -0.39 is 0 Å². The molecule has 1 fully saturated rings. The summed E-state index contributed by atoms with van der Waals surface area (Å²) in [5, 5.41) is 0. The molecule has 3 nitrogen and oxygen atoms in total. The molecule has 0 aliphatic carbocycles. The summed E-state index contributed by atoms with van der Waals surface area (Å²) in [6, 6.07) is 6.31. The van der Waals surface area contributed by atoms with Crippen molar-refractivity contribution in [2.45, 2.75) is 19.3 Å². The van der Waals surface area contributed by atoms with Gasteiger partial charge >= 0.3 is 0 Å². The summed E-state index contributed by atoms with van der Waals surface area (Å²) in [5.74, 6) is 1.53. The van der Waals surface area contributed by atoms with Crippen molar-refractivity contribution in [1.29, 1.82) is 0 Å². The zero-order chi connectivity index (χ0) is 10.3. The van der Waals surface area contributed by atoms with Gasteiger partial charge in [-0.05, 0) is 31.0 Å². The van der Waals surface area contributed by atoms with Gasteiger partial charge in [-0.25, -0.2) is 4.98 Å². The van der Waals surface area contributed by atoms with Crippen LogP contribution in [0.15, 0.2) is 18.2 Å². The summed E-state index contributed by atoms with van der Waals surface area (Å²) < 4.78 is 5.37. The molecule has 1 N–H and O–H groups in total. The predicted molar refractivity (Wildman–Crippen MR) is 59.0 cm³/mol. The zero-order valence-electron chi connectivity index (χ0n) is 8.79. The maximum Gasteiger partial charge on any atom is 0.112 e. The Hall–Kier alpha value is -1.35. The molecule has 0 spiro atoms. The van der Waals surface area contributed by atoms with E-state index in [2.05, 4.69) is 35.1 Å². The number of aromatic amines is 1. The molecule has 1 aliphatic heterocycles. The Labute approximate surface area is 88.5 Å². The first-order valence-electron chi connectivity index (χ1n) is 5.37. The Kier molecular flexibility index (Phi) is 1.99. The van der Waals surface area contributed by atoms with Gasteiger partial charge < -0.3 is 9.72 Å². The lowest BCUT2D eigenvalue weighted by molar-refractivity contribution is 0.193. The highest BCUT2D eigenvalue weighted by molar-refractivity contribution is 5.75. The molecule has 1 saturated heterocycles. The van der Waals surface area contributed by atoms with Crippen LogP contribution in [0.2, 0.25) is 0 Å². The van der Waals surface area contributed by atoms with E-state index in [-0.39, 0.29) is 0 Å². The lowest BCUT2D eigenvalue weighted by Crippen LogP contribution is -1.99. The lowest BCUT2D eigenvalue weighted by Gasteiger charge is -2.00. The molecular weight excluding hydrogens is 188 g/mol. The average molecular weight is 202 g/mol. The van der Waals surface area contributed by atoms with E-state index in [1.807, 2.05) is 0 Å². The minimum atomic E-state index is 0.456. The number of hydrogen-bond acceptors (Lipinski definition) is 2. The monoisotopic (exact) mass is 202 g/mol. The van der Waals surface area contributed by atoms with Gasteiger partial charge in [0.2, 0.25) is 0 Å². The molecule has 15 heavy (non-hydrogen) atoms. The van der Waals surface area contributed by atoms with Gasteiger partial charge in [-0.1, -0.05) is 6.07 Å². The van der Waals surface area contributed by atoms with Gasteiger partial charge in [0.05, 0.1) is 17.6 Å². The molecule has 0 amide bonds. The van der Waals surface area contributed by atoms with Gasteiger partial charge in [0.15, 0.2) is 0 Å². The number of H-pyrrole nitrogens is 1. The van der Waals surface area contributed by atoms with Crippen LogP contribution >= 0.6 is 0 Å². The first kappa shape index (κ1) is 8.92. The van der Waals surface area contributed by atoms with Crippen molar-refractivity contribution in [3.05, 3.63) is 29.6 Å². The number of fused-ring (bicyclic) bond motifs is 1. The number of imidazole rings is 1. The van der Waals surface area contributed by atoms with Crippen LogP contribution in [0.1, 0.15) is 23.7 Å². The molecule has 1 atom stereocenters. The highest BCUT2D eigenvalue weighted by atomic mass is 16.5. The van der Waals surface area contributed by atoms with Gasteiger partial charge in [0, 0.05) is 12.5 Å². The molecule has 2 aromatic rings. The second kappa shape index (κ2) is 3.35. The van der Waals surface area contributed by atoms with E-state index in [0.717, 1.165) is 36.5 Å². The van der Waals surface area contributed by atoms with E-state index in [4.69, 9.17) is 4.74 Å². The molecule has 2 heterocycles. The number of benzene rings is 1.